The third-order valence-corrected chi connectivity index (χ3v) is 4.65. The maximum absolute atomic E-state index is 12.1. The molecular weight excluding hydrogens is 304 g/mol. The van der Waals surface area contributed by atoms with Crippen molar-refractivity contribution in [2.45, 2.75) is 11.8 Å². The molecule has 0 aliphatic heterocycles. The van der Waals surface area contributed by atoms with E-state index in [9.17, 15) is 13.2 Å². The van der Waals surface area contributed by atoms with Gasteiger partial charge in [0.15, 0.2) is 0 Å². The molecular formula is C10H12N4O4S2. The molecule has 8 nitrogen and oxygen atoms in total. The lowest BCUT2D eigenvalue weighted by Crippen LogP contribution is -2.15. The molecule has 0 fully saturated rings. The van der Waals surface area contributed by atoms with Gasteiger partial charge in [-0.2, -0.15) is 5.10 Å². The summed E-state index contributed by atoms with van der Waals surface area (Å²) in [7, 11) is -3.91. The van der Waals surface area contributed by atoms with Gasteiger partial charge in [0.25, 0.3) is 10.0 Å². The lowest BCUT2D eigenvalue weighted by Gasteiger charge is -2.07. The van der Waals surface area contributed by atoms with Gasteiger partial charge in [0.05, 0.1) is 18.4 Å². The average Bonchev–Trinajstić information content (AvgIpc) is 2.98. The number of aromatic amines is 1. The number of ether oxygens (including phenoxy) is 1. The molecule has 0 spiro atoms. The Morgan fingerprint density at radius 2 is 2.35 bits per heavy atom. The number of aromatic nitrogens is 2. The lowest BCUT2D eigenvalue weighted by atomic mass is 10.3. The number of esters is 1. The minimum atomic E-state index is -3.91. The average molecular weight is 316 g/mol. The first-order valence-electron chi connectivity index (χ1n) is 5.52. The minimum absolute atomic E-state index is 0.0771. The summed E-state index contributed by atoms with van der Waals surface area (Å²) in [5.41, 5.74) is 5.63. The van der Waals surface area contributed by atoms with Crippen LogP contribution in [0.25, 0.3) is 0 Å². The normalized spacial score (nSPS) is 11.2. The molecule has 0 amide bonds. The number of sulfonamides is 1. The Morgan fingerprint density at radius 1 is 1.60 bits per heavy atom. The Hall–Kier alpha value is -2.07. The van der Waals surface area contributed by atoms with Gasteiger partial charge in [-0.25, -0.2) is 13.2 Å². The number of nitrogens with one attached hydrogen (secondary N) is 2. The molecule has 0 aliphatic carbocycles. The first-order valence-corrected chi connectivity index (χ1v) is 7.88. The van der Waals surface area contributed by atoms with Gasteiger partial charge < -0.3 is 10.5 Å². The van der Waals surface area contributed by atoms with Crippen molar-refractivity contribution in [2.24, 2.45) is 0 Å². The van der Waals surface area contributed by atoms with Crippen LogP contribution in [0, 0.1) is 0 Å². The van der Waals surface area contributed by atoms with Gasteiger partial charge in [0, 0.05) is 0 Å². The van der Waals surface area contributed by atoms with Gasteiger partial charge >= 0.3 is 5.97 Å². The number of rotatable bonds is 5. The molecule has 0 atom stereocenters. The molecule has 0 bridgehead atoms. The van der Waals surface area contributed by atoms with E-state index in [4.69, 9.17) is 10.5 Å². The zero-order valence-corrected chi connectivity index (χ0v) is 12.0. The van der Waals surface area contributed by atoms with E-state index in [2.05, 4.69) is 14.9 Å². The molecule has 10 heteroatoms. The summed E-state index contributed by atoms with van der Waals surface area (Å²) in [5, 5.41) is 7.64. The largest absolute Gasteiger partial charge is 0.462 e. The maximum Gasteiger partial charge on any atom is 0.341 e. The fourth-order valence-corrected chi connectivity index (χ4v) is 3.56. The van der Waals surface area contributed by atoms with Gasteiger partial charge in [-0.3, -0.25) is 9.82 Å². The molecule has 2 rings (SSSR count). The number of H-pyrrole nitrogens is 1. The molecule has 0 aromatic carbocycles. The van der Waals surface area contributed by atoms with Crippen molar-refractivity contribution in [1.82, 2.24) is 10.2 Å². The Balaban J connectivity index is 2.30. The topological polar surface area (TPSA) is 127 Å². The fraction of sp³-hybridized carbons (Fsp3) is 0.200. The second kappa shape index (κ2) is 5.51. The van der Waals surface area contributed by atoms with E-state index in [1.807, 2.05) is 0 Å². The molecule has 108 valence electrons. The van der Waals surface area contributed by atoms with Crippen LogP contribution in [0.15, 0.2) is 22.5 Å². The predicted molar refractivity (Wildman–Crippen MR) is 74.1 cm³/mol. The number of nitrogens with zero attached hydrogens (tertiary/aromatic N) is 1. The van der Waals surface area contributed by atoms with Crippen molar-refractivity contribution in [3.8, 4) is 0 Å². The maximum atomic E-state index is 12.1. The number of hydrogen-bond acceptors (Lipinski definition) is 7. The molecule has 2 aromatic rings. The van der Waals surface area contributed by atoms with Crippen LogP contribution in [0.3, 0.4) is 0 Å². The van der Waals surface area contributed by atoms with Crippen molar-refractivity contribution < 1.29 is 17.9 Å². The van der Waals surface area contributed by atoms with Crippen LogP contribution in [-0.4, -0.2) is 31.2 Å². The van der Waals surface area contributed by atoms with E-state index in [0.717, 1.165) is 17.5 Å². The highest BCUT2D eigenvalue weighted by Crippen LogP contribution is 2.27. The summed E-state index contributed by atoms with van der Waals surface area (Å²) in [4.78, 5) is 11.5. The third-order valence-electron chi connectivity index (χ3n) is 2.31. The summed E-state index contributed by atoms with van der Waals surface area (Å²) in [6, 6.07) is 1.49. The van der Waals surface area contributed by atoms with E-state index in [1.165, 1.54) is 6.07 Å². The van der Waals surface area contributed by atoms with Crippen molar-refractivity contribution in [3.63, 3.8) is 0 Å². The molecule has 0 unspecified atom stereocenters. The first kappa shape index (κ1) is 14.3. The van der Waals surface area contributed by atoms with E-state index in [1.54, 1.807) is 12.3 Å². The van der Waals surface area contributed by atoms with E-state index >= 15 is 0 Å². The van der Waals surface area contributed by atoms with Gasteiger partial charge in [-0.1, -0.05) is 0 Å². The second-order valence-corrected chi connectivity index (χ2v) is 6.20. The summed E-state index contributed by atoms with van der Waals surface area (Å²) in [6.07, 6.45) is 1.09. The summed E-state index contributed by atoms with van der Waals surface area (Å²) >= 11 is 1.07. The molecule has 4 N–H and O–H groups in total. The van der Waals surface area contributed by atoms with Crippen LogP contribution in [0.5, 0.6) is 0 Å². The van der Waals surface area contributed by atoms with Crippen molar-refractivity contribution in [1.29, 1.82) is 0 Å². The number of thiophene rings is 1. The number of anilines is 2. The number of carbonyl (C=O) groups excluding carboxylic acids is 1. The van der Waals surface area contributed by atoms with Crippen LogP contribution in [0.2, 0.25) is 0 Å². The van der Waals surface area contributed by atoms with Gasteiger partial charge in [0.1, 0.15) is 15.7 Å². The van der Waals surface area contributed by atoms with Gasteiger partial charge in [0.2, 0.25) is 0 Å². The van der Waals surface area contributed by atoms with Crippen LogP contribution < -0.4 is 10.5 Å². The quantitative estimate of drug-likeness (QED) is 0.707. The van der Waals surface area contributed by atoms with Crippen molar-refractivity contribution in [2.75, 3.05) is 17.1 Å². The highest BCUT2D eigenvalue weighted by atomic mass is 32.2. The monoisotopic (exact) mass is 316 g/mol. The number of carbonyl (C=O) groups is 1. The highest BCUT2D eigenvalue weighted by molar-refractivity contribution is 7.93. The number of nitrogens with two attached hydrogens (primary N) is 1. The predicted octanol–water partition coefficient (Wildman–Crippen LogP) is 1.03. The molecule has 0 saturated heterocycles. The Labute approximate surface area is 119 Å². The Bertz CT molecular complexity index is 719. The summed E-state index contributed by atoms with van der Waals surface area (Å²) in [6.45, 7) is 1.87. The van der Waals surface area contributed by atoms with E-state index < -0.39 is 16.0 Å². The molecule has 0 radical (unpaired) electrons. The van der Waals surface area contributed by atoms with Gasteiger partial charge in [-0.05, 0) is 18.4 Å². The van der Waals surface area contributed by atoms with Crippen molar-refractivity contribution >= 4 is 38.1 Å². The van der Waals surface area contributed by atoms with Crippen molar-refractivity contribution in [3.05, 3.63) is 23.2 Å². The van der Waals surface area contributed by atoms with Gasteiger partial charge in [-0.15, -0.1) is 11.3 Å². The third kappa shape index (κ3) is 2.75. The second-order valence-electron chi connectivity index (χ2n) is 3.64. The lowest BCUT2D eigenvalue weighted by molar-refractivity contribution is 0.0528. The molecule has 0 saturated carbocycles. The molecule has 2 heterocycles. The molecule has 0 aliphatic rings. The Kier molecular flexibility index (Phi) is 3.95. The Morgan fingerprint density at radius 3 is 2.95 bits per heavy atom. The smallest absolute Gasteiger partial charge is 0.341 e. The number of hydrogen-bond donors (Lipinski definition) is 3. The van der Waals surface area contributed by atoms with Crippen LogP contribution in [0.4, 0.5) is 10.8 Å². The standard InChI is InChI=1S/C10H12N4O4S2/c1-2-18-10(15)6-3-4-19-9(6)14-20(16,17)7-5-12-13-8(7)11/h3-5,14H,2H2,1H3,(H3,11,12,13). The van der Waals surface area contributed by atoms with Crippen LogP contribution in [-0.2, 0) is 14.8 Å². The SMILES string of the molecule is CCOC(=O)c1ccsc1NS(=O)(=O)c1cn[nH]c1N. The summed E-state index contributed by atoms with van der Waals surface area (Å²) in [5.74, 6) is -0.668. The zero-order valence-electron chi connectivity index (χ0n) is 10.4. The summed E-state index contributed by atoms with van der Waals surface area (Å²) < 4.78 is 31.4. The fourth-order valence-electron chi connectivity index (χ4n) is 1.43. The highest BCUT2D eigenvalue weighted by Gasteiger charge is 2.23. The molecule has 2 aromatic heterocycles. The van der Waals surface area contributed by atoms with Crippen LogP contribution in [0.1, 0.15) is 17.3 Å². The minimum Gasteiger partial charge on any atom is -0.462 e. The van der Waals surface area contributed by atoms with E-state index in [-0.39, 0.29) is 27.9 Å². The zero-order chi connectivity index (χ0) is 14.8. The molecule has 20 heavy (non-hydrogen) atoms. The van der Waals surface area contributed by atoms with Crippen LogP contribution >= 0.6 is 11.3 Å². The van der Waals surface area contributed by atoms with E-state index in [0.29, 0.717) is 0 Å². The first-order chi connectivity index (χ1) is 9.45. The number of nitrogen functional groups attached to an aromatic ring is 1.